The Labute approximate surface area is 84.7 Å². The van der Waals surface area contributed by atoms with Crippen LogP contribution in [0, 0.1) is 0 Å². The van der Waals surface area contributed by atoms with Crippen LogP contribution in [-0.2, 0) is 0 Å². The van der Waals surface area contributed by atoms with Gasteiger partial charge in [-0.3, -0.25) is 9.89 Å². The van der Waals surface area contributed by atoms with E-state index in [0.717, 1.165) is 4.90 Å². The van der Waals surface area contributed by atoms with E-state index in [1.54, 1.807) is 0 Å². The molecule has 0 bridgehead atoms. The number of nitrogens with zero attached hydrogens (tertiary/aromatic N) is 2. The molecule has 7 heteroatoms. The molecule has 1 heterocycles. The second-order valence-corrected chi connectivity index (χ2v) is 2.84. The summed E-state index contributed by atoms with van der Waals surface area (Å²) in [5.74, 6) is -0.596. The number of alkyl halides is 2. The predicted molar refractivity (Wildman–Crippen MR) is 47.6 cm³/mol. The van der Waals surface area contributed by atoms with Crippen LogP contribution in [0.1, 0.15) is 10.5 Å². The number of aliphatic hydroxyl groups excluding tert-OH is 1. The first-order valence-electron chi connectivity index (χ1n) is 4.32. The van der Waals surface area contributed by atoms with E-state index in [1.807, 2.05) is 0 Å². The fraction of sp³-hybridized carbons (Fsp3) is 0.500. The topological polar surface area (TPSA) is 69.2 Å². The van der Waals surface area contributed by atoms with Crippen LogP contribution in [0.3, 0.4) is 0 Å². The largest absolute Gasteiger partial charge is 0.395 e. The Balaban J connectivity index is 2.67. The summed E-state index contributed by atoms with van der Waals surface area (Å²) in [6.07, 6.45) is -1.27. The monoisotopic (exact) mass is 219 g/mol. The second-order valence-electron chi connectivity index (χ2n) is 2.84. The smallest absolute Gasteiger partial charge is 0.272 e. The molecule has 1 amide bonds. The number of carbonyl (C=O) groups is 1. The summed E-state index contributed by atoms with van der Waals surface area (Å²) < 4.78 is 24.2. The average Bonchev–Trinajstić information content (AvgIpc) is 2.68. The van der Waals surface area contributed by atoms with Gasteiger partial charge in [0.1, 0.15) is 5.69 Å². The van der Waals surface area contributed by atoms with Crippen LogP contribution >= 0.6 is 0 Å². The first kappa shape index (κ1) is 11.6. The van der Waals surface area contributed by atoms with Gasteiger partial charge in [0.05, 0.1) is 13.2 Å². The molecule has 0 radical (unpaired) electrons. The van der Waals surface area contributed by atoms with Crippen molar-refractivity contribution >= 4 is 5.91 Å². The highest BCUT2D eigenvalue weighted by Gasteiger charge is 2.19. The lowest BCUT2D eigenvalue weighted by Gasteiger charge is -2.20. The number of amides is 1. The van der Waals surface area contributed by atoms with Gasteiger partial charge in [0.15, 0.2) is 0 Å². The molecule has 5 nitrogen and oxygen atoms in total. The van der Waals surface area contributed by atoms with Crippen molar-refractivity contribution in [1.82, 2.24) is 15.1 Å². The number of aliphatic hydroxyl groups is 1. The number of hydrogen-bond acceptors (Lipinski definition) is 3. The van der Waals surface area contributed by atoms with Crippen molar-refractivity contribution in [3.63, 3.8) is 0 Å². The van der Waals surface area contributed by atoms with E-state index in [9.17, 15) is 13.6 Å². The minimum Gasteiger partial charge on any atom is -0.395 e. The van der Waals surface area contributed by atoms with Crippen molar-refractivity contribution in [1.29, 1.82) is 0 Å². The fourth-order valence-corrected chi connectivity index (χ4v) is 1.11. The van der Waals surface area contributed by atoms with Crippen molar-refractivity contribution in [3.8, 4) is 0 Å². The maximum atomic E-state index is 12.1. The molecule has 0 fully saturated rings. The van der Waals surface area contributed by atoms with Gasteiger partial charge in [0, 0.05) is 12.7 Å². The Hall–Kier alpha value is -1.50. The van der Waals surface area contributed by atoms with E-state index >= 15 is 0 Å². The van der Waals surface area contributed by atoms with Gasteiger partial charge in [-0.1, -0.05) is 0 Å². The Morgan fingerprint density at radius 3 is 2.87 bits per heavy atom. The molecule has 0 aliphatic carbocycles. The van der Waals surface area contributed by atoms with E-state index in [-0.39, 0.29) is 18.8 Å². The molecule has 0 saturated heterocycles. The zero-order valence-corrected chi connectivity index (χ0v) is 7.86. The van der Waals surface area contributed by atoms with Crippen LogP contribution < -0.4 is 0 Å². The van der Waals surface area contributed by atoms with Gasteiger partial charge < -0.3 is 10.0 Å². The summed E-state index contributed by atoms with van der Waals surface area (Å²) in [7, 11) is 0. The third-order valence-corrected chi connectivity index (χ3v) is 1.75. The normalized spacial score (nSPS) is 10.7. The maximum Gasteiger partial charge on any atom is 0.272 e. The summed E-state index contributed by atoms with van der Waals surface area (Å²) in [6, 6.07) is 1.39. The summed E-state index contributed by atoms with van der Waals surface area (Å²) in [5, 5.41) is 14.6. The number of H-pyrrole nitrogens is 1. The molecule has 2 N–H and O–H groups in total. The van der Waals surface area contributed by atoms with Gasteiger partial charge in [0.25, 0.3) is 12.3 Å². The van der Waals surface area contributed by atoms with Crippen LogP contribution in [0.4, 0.5) is 8.78 Å². The third-order valence-electron chi connectivity index (χ3n) is 1.75. The SMILES string of the molecule is O=C(c1ccn[nH]1)N(CCO)CC(F)F. The molecule has 1 rings (SSSR count). The van der Waals surface area contributed by atoms with Crippen molar-refractivity contribution in [3.05, 3.63) is 18.0 Å². The summed E-state index contributed by atoms with van der Waals surface area (Å²) in [4.78, 5) is 12.4. The highest BCUT2D eigenvalue weighted by atomic mass is 19.3. The third kappa shape index (κ3) is 3.28. The van der Waals surface area contributed by atoms with E-state index in [2.05, 4.69) is 10.2 Å². The van der Waals surface area contributed by atoms with Crippen LogP contribution in [0.5, 0.6) is 0 Å². The quantitative estimate of drug-likeness (QED) is 0.738. The van der Waals surface area contributed by atoms with Gasteiger partial charge >= 0.3 is 0 Å². The summed E-state index contributed by atoms with van der Waals surface area (Å²) >= 11 is 0. The Kier molecular flexibility index (Phi) is 4.17. The molecular weight excluding hydrogens is 208 g/mol. The van der Waals surface area contributed by atoms with Gasteiger partial charge in [-0.15, -0.1) is 0 Å². The molecule has 84 valence electrons. The maximum absolute atomic E-state index is 12.1. The van der Waals surface area contributed by atoms with Gasteiger partial charge in [0.2, 0.25) is 0 Å². The molecule has 0 spiro atoms. The fourth-order valence-electron chi connectivity index (χ4n) is 1.11. The lowest BCUT2D eigenvalue weighted by Crippen LogP contribution is -2.37. The number of carbonyl (C=O) groups excluding carboxylic acids is 1. The lowest BCUT2D eigenvalue weighted by molar-refractivity contribution is 0.0504. The number of aromatic amines is 1. The molecule has 0 aliphatic rings. The Bertz CT molecular complexity index is 303. The molecule has 0 atom stereocenters. The van der Waals surface area contributed by atoms with Crippen LogP contribution in [0.25, 0.3) is 0 Å². The molecule has 0 saturated carbocycles. The zero-order valence-electron chi connectivity index (χ0n) is 7.86. The van der Waals surface area contributed by atoms with Crippen molar-refractivity contribution in [2.45, 2.75) is 6.43 Å². The van der Waals surface area contributed by atoms with E-state index in [4.69, 9.17) is 5.11 Å². The number of halogens is 2. The average molecular weight is 219 g/mol. The van der Waals surface area contributed by atoms with Gasteiger partial charge in [-0.05, 0) is 6.07 Å². The van der Waals surface area contributed by atoms with Crippen molar-refractivity contribution in [2.75, 3.05) is 19.7 Å². The first-order valence-corrected chi connectivity index (χ1v) is 4.32. The van der Waals surface area contributed by atoms with Crippen molar-refractivity contribution in [2.24, 2.45) is 0 Å². The standard InChI is InChI=1S/C8H11F2N3O2/c9-7(10)5-13(3-4-14)8(15)6-1-2-11-12-6/h1-2,7,14H,3-5H2,(H,11,12). The molecule has 0 aliphatic heterocycles. The number of hydrogen-bond donors (Lipinski definition) is 2. The van der Waals surface area contributed by atoms with Crippen LogP contribution in [-0.4, -0.2) is 52.2 Å². The highest BCUT2D eigenvalue weighted by Crippen LogP contribution is 2.04. The Morgan fingerprint density at radius 2 is 2.40 bits per heavy atom. The molecular formula is C8H11F2N3O2. The van der Waals surface area contributed by atoms with Gasteiger partial charge in [-0.25, -0.2) is 8.78 Å². The second kappa shape index (κ2) is 5.40. The Morgan fingerprint density at radius 1 is 1.67 bits per heavy atom. The predicted octanol–water partition coefficient (Wildman–Crippen LogP) is 0.109. The number of nitrogens with one attached hydrogen (secondary N) is 1. The summed E-state index contributed by atoms with van der Waals surface area (Å²) in [5.41, 5.74) is 0.129. The molecule has 15 heavy (non-hydrogen) atoms. The van der Waals surface area contributed by atoms with E-state index < -0.39 is 18.9 Å². The molecule has 0 unspecified atom stereocenters. The highest BCUT2D eigenvalue weighted by molar-refractivity contribution is 5.92. The first-order chi connectivity index (χ1) is 7.15. The lowest BCUT2D eigenvalue weighted by atomic mass is 10.3. The molecule has 1 aromatic rings. The molecule has 1 aromatic heterocycles. The number of aromatic nitrogens is 2. The van der Waals surface area contributed by atoms with E-state index in [0.29, 0.717) is 0 Å². The minimum atomic E-state index is -2.62. The molecule has 0 aromatic carbocycles. The minimum absolute atomic E-state index is 0.123. The van der Waals surface area contributed by atoms with Gasteiger partial charge in [-0.2, -0.15) is 5.10 Å². The van der Waals surface area contributed by atoms with Crippen LogP contribution in [0.15, 0.2) is 12.3 Å². The van der Waals surface area contributed by atoms with E-state index in [1.165, 1.54) is 12.3 Å². The van der Waals surface area contributed by atoms with Crippen molar-refractivity contribution < 1.29 is 18.7 Å². The van der Waals surface area contributed by atoms with Crippen LogP contribution in [0.2, 0.25) is 0 Å². The summed E-state index contributed by atoms with van der Waals surface area (Å²) in [6.45, 7) is -1.17. The number of rotatable bonds is 5. The zero-order chi connectivity index (χ0) is 11.3.